The summed E-state index contributed by atoms with van der Waals surface area (Å²) in [7, 11) is 1.49. The molecule has 0 bridgehead atoms. The zero-order chi connectivity index (χ0) is 30.1. The number of ether oxygens (including phenoxy) is 4. The van der Waals surface area contributed by atoms with Crippen LogP contribution in [-0.4, -0.2) is 82.5 Å². The minimum Gasteiger partial charge on any atom is -0.497 e. The van der Waals surface area contributed by atoms with E-state index in [2.05, 4.69) is 16.9 Å². The maximum Gasteiger partial charge on any atom is 0.411 e. The molecule has 0 radical (unpaired) electrons. The number of nitrogens with zero attached hydrogens (tertiary/aromatic N) is 2. The number of esters is 1. The Kier molecular flexibility index (Phi) is 8.14. The molecule has 4 atom stereocenters. The quantitative estimate of drug-likeness (QED) is 0.340. The summed E-state index contributed by atoms with van der Waals surface area (Å²) in [6.07, 6.45) is 0.559. The third-order valence-corrected chi connectivity index (χ3v) is 6.97. The normalized spacial score (nSPS) is 23.4. The summed E-state index contributed by atoms with van der Waals surface area (Å²) in [5, 5.41) is 12.9. The van der Waals surface area contributed by atoms with Crippen LogP contribution in [0.25, 0.3) is 10.9 Å². The van der Waals surface area contributed by atoms with E-state index in [4.69, 9.17) is 18.9 Å². The molecule has 0 spiro atoms. The van der Waals surface area contributed by atoms with Gasteiger partial charge in [-0.3, -0.25) is 9.69 Å². The average Bonchev–Trinajstić information content (AvgIpc) is 3.46. The van der Waals surface area contributed by atoms with E-state index in [1.54, 1.807) is 52.0 Å². The summed E-state index contributed by atoms with van der Waals surface area (Å²) in [6.45, 7) is 10.7. The van der Waals surface area contributed by atoms with Crippen LogP contribution in [0.15, 0.2) is 36.9 Å². The predicted molar refractivity (Wildman–Crippen MR) is 147 cm³/mol. The van der Waals surface area contributed by atoms with E-state index in [0.717, 1.165) is 0 Å². The summed E-state index contributed by atoms with van der Waals surface area (Å²) < 4.78 is 22.2. The molecule has 220 valence electrons. The van der Waals surface area contributed by atoms with Gasteiger partial charge in [-0.05, 0) is 46.2 Å². The van der Waals surface area contributed by atoms with Crippen molar-refractivity contribution in [3.63, 3.8) is 0 Å². The molecule has 2 N–H and O–H groups in total. The number of hydrogen-bond donors (Lipinski definition) is 2. The number of carbonyl (C=O) groups excluding carboxylic acids is 3. The third kappa shape index (κ3) is 6.21. The molecule has 12 nitrogen and oxygen atoms in total. The van der Waals surface area contributed by atoms with Gasteiger partial charge in [0.1, 0.15) is 34.8 Å². The maximum absolute atomic E-state index is 13.6. The Morgan fingerprint density at radius 2 is 1.98 bits per heavy atom. The molecule has 12 heteroatoms. The van der Waals surface area contributed by atoms with Crippen LogP contribution in [0.4, 0.5) is 4.79 Å². The Morgan fingerprint density at radius 3 is 2.56 bits per heavy atom. The topological polar surface area (TPSA) is 154 Å². The number of amides is 2. The van der Waals surface area contributed by atoms with Gasteiger partial charge < -0.3 is 29.4 Å². The molecule has 1 saturated carbocycles. The highest BCUT2D eigenvalue weighted by molar-refractivity contribution is 5.95. The Balaban J connectivity index is 1.64. The van der Waals surface area contributed by atoms with E-state index >= 15 is 0 Å². The van der Waals surface area contributed by atoms with Crippen molar-refractivity contribution in [2.24, 2.45) is 5.92 Å². The second-order valence-corrected chi connectivity index (χ2v) is 11.0. The molecule has 1 aliphatic carbocycles. The van der Waals surface area contributed by atoms with Crippen molar-refractivity contribution in [1.82, 2.24) is 15.2 Å². The fraction of sp³-hybridized carbons (Fsp3) is 0.483. The number of likely N-dealkylation sites (tertiary alicyclic amines) is 1. The fourth-order valence-corrected chi connectivity index (χ4v) is 4.91. The number of carbonyl (C=O) groups is 4. The summed E-state index contributed by atoms with van der Waals surface area (Å²) in [4.78, 5) is 56.8. The summed E-state index contributed by atoms with van der Waals surface area (Å²) in [5.74, 6) is -1.96. The monoisotopic (exact) mass is 569 g/mol. The first kappa shape index (κ1) is 29.6. The van der Waals surface area contributed by atoms with Crippen LogP contribution < -0.4 is 14.8 Å². The number of aromatic nitrogens is 1. The molecule has 1 aromatic carbocycles. The molecule has 4 rings (SSSR count). The van der Waals surface area contributed by atoms with E-state index in [9.17, 15) is 24.3 Å². The number of pyridine rings is 1. The van der Waals surface area contributed by atoms with Gasteiger partial charge >= 0.3 is 18.0 Å². The SMILES string of the molecule is C=CC1CC1(NC(=O)C1CC(Oc2cc(C(=O)O)nc3cc(OC)ccc23)CN1C(=O)OC(C)(C)C)C(=O)OCC. The van der Waals surface area contributed by atoms with Crippen molar-refractivity contribution >= 4 is 34.8 Å². The number of carboxylic acid groups (broad SMARTS) is 1. The van der Waals surface area contributed by atoms with Crippen molar-refractivity contribution in [2.75, 3.05) is 20.3 Å². The lowest BCUT2D eigenvalue weighted by atomic mass is 10.1. The first-order chi connectivity index (χ1) is 19.3. The molecule has 2 heterocycles. The molecule has 41 heavy (non-hydrogen) atoms. The van der Waals surface area contributed by atoms with E-state index in [0.29, 0.717) is 23.1 Å². The van der Waals surface area contributed by atoms with Gasteiger partial charge in [-0.2, -0.15) is 0 Å². The summed E-state index contributed by atoms with van der Waals surface area (Å²) in [5.41, 5.74) is -1.97. The van der Waals surface area contributed by atoms with Crippen LogP contribution in [0.5, 0.6) is 11.5 Å². The highest BCUT2D eigenvalue weighted by Gasteiger charge is 2.62. The second kappa shape index (κ2) is 11.3. The molecule has 1 aromatic heterocycles. The van der Waals surface area contributed by atoms with Gasteiger partial charge in [0.25, 0.3) is 0 Å². The molecular formula is C29H35N3O9. The Labute approximate surface area is 237 Å². The van der Waals surface area contributed by atoms with Gasteiger partial charge in [0.2, 0.25) is 5.91 Å². The van der Waals surface area contributed by atoms with Crippen molar-refractivity contribution in [3.8, 4) is 11.5 Å². The minimum atomic E-state index is -1.25. The van der Waals surface area contributed by atoms with Gasteiger partial charge in [-0.25, -0.2) is 19.4 Å². The van der Waals surface area contributed by atoms with Gasteiger partial charge in [0.05, 0.1) is 25.8 Å². The van der Waals surface area contributed by atoms with E-state index in [1.165, 1.54) is 18.1 Å². The zero-order valence-electron chi connectivity index (χ0n) is 23.8. The smallest absolute Gasteiger partial charge is 0.411 e. The Bertz CT molecular complexity index is 1390. The van der Waals surface area contributed by atoms with Crippen LogP contribution in [0.3, 0.4) is 0 Å². The van der Waals surface area contributed by atoms with Crippen LogP contribution >= 0.6 is 0 Å². The number of carboxylic acids is 1. The number of rotatable bonds is 9. The molecule has 1 aliphatic heterocycles. The van der Waals surface area contributed by atoms with Crippen molar-refractivity contribution in [1.29, 1.82) is 0 Å². The molecule has 2 amide bonds. The highest BCUT2D eigenvalue weighted by atomic mass is 16.6. The van der Waals surface area contributed by atoms with Gasteiger partial charge in [0, 0.05) is 29.9 Å². The number of nitrogens with one attached hydrogen (secondary N) is 1. The van der Waals surface area contributed by atoms with Gasteiger partial charge in [0.15, 0.2) is 5.69 Å². The molecule has 1 saturated heterocycles. The third-order valence-electron chi connectivity index (χ3n) is 6.97. The predicted octanol–water partition coefficient (Wildman–Crippen LogP) is 3.32. The largest absolute Gasteiger partial charge is 0.497 e. The molecule has 4 unspecified atom stereocenters. The second-order valence-electron chi connectivity index (χ2n) is 11.0. The van der Waals surface area contributed by atoms with Crippen LogP contribution in [-0.2, 0) is 19.1 Å². The Hall–Kier alpha value is -4.35. The van der Waals surface area contributed by atoms with Crippen molar-refractivity contribution < 1.29 is 43.2 Å². The van der Waals surface area contributed by atoms with E-state index in [-0.39, 0.29) is 36.9 Å². The number of methoxy groups -OCH3 is 1. The number of aromatic carboxylic acids is 1. The van der Waals surface area contributed by atoms with Crippen molar-refractivity contribution in [2.45, 2.75) is 63.8 Å². The Morgan fingerprint density at radius 1 is 1.24 bits per heavy atom. The minimum absolute atomic E-state index is 0.0212. The molecular weight excluding hydrogens is 534 g/mol. The lowest BCUT2D eigenvalue weighted by Crippen LogP contribution is -2.53. The highest BCUT2D eigenvalue weighted by Crippen LogP contribution is 2.46. The number of benzene rings is 1. The molecule has 2 aliphatic rings. The summed E-state index contributed by atoms with van der Waals surface area (Å²) >= 11 is 0. The average molecular weight is 570 g/mol. The van der Waals surface area contributed by atoms with Crippen LogP contribution in [0.2, 0.25) is 0 Å². The zero-order valence-corrected chi connectivity index (χ0v) is 23.8. The number of fused-ring (bicyclic) bond motifs is 1. The van der Waals surface area contributed by atoms with E-state index in [1.807, 2.05) is 0 Å². The number of hydrogen-bond acceptors (Lipinski definition) is 9. The van der Waals surface area contributed by atoms with Crippen LogP contribution in [0.1, 0.15) is 51.0 Å². The maximum atomic E-state index is 13.6. The van der Waals surface area contributed by atoms with Gasteiger partial charge in [-0.1, -0.05) is 6.08 Å². The molecule has 2 aromatic rings. The first-order valence-corrected chi connectivity index (χ1v) is 13.3. The first-order valence-electron chi connectivity index (χ1n) is 13.3. The fourth-order valence-electron chi connectivity index (χ4n) is 4.91. The molecule has 2 fully saturated rings. The standard InChI is InChI=1S/C29H35N3O9/c1-7-16-14-29(16,26(36)39-8-2)31-24(33)22-12-18(15-32(22)27(37)41-28(3,4)5)40-23-13-21(25(34)35)30-20-11-17(38-6)9-10-19(20)23/h7,9-11,13,16,18,22H,1,8,12,14-15H2,2-6H3,(H,31,33)(H,34,35). The summed E-state index contributed by atoms with van der Waals surface area (Å²) in [6, 6.07) is 5.25. The van der Waals surface area contributed by atoms with Gasteiger partial charge in [-0.15, -0.1) is 6.58 Å². The lowest BCUT2D eigenvalue weighted by Gasteiger charge is -2.28. The van der Waals surface area contributed by atoms with Crippen molar-refractivity contribution in [3.05, 3.63) is 42.6 Å². The van der Waals surface area contributed by atoms with Crippen LogP contribution in [0, 0.1) is 5.92 Å². The van der Waals surface area contributed by atoms with E-state index < -0.39 is 47.2 Å². The lowest BCUT2D eigenvalue weighted by molar-refractivity contribution is -0.149.